The molecule has 50 heavy (non-hydrogen) atoms. The number of hydrogen-bond donors (Lipinski definition) is 1. The maximum atomic E-state index is 14.8. The predicted molar refractivity (Wildman–Crippen MR) is 196 cm³/mol. The summed E-state index contributed by atoms with van der Waals surface area (Å²) in [6, 6.07) is 23.7. The zero-order chi connectivity index (χ0) is 36.6. The third-order valence-corrected chi connectivity index (χ3v) is 9.87. The Morgan fingerprint density at radius 1 is 0.760 bits per heavy atom. The van der Waals surface area contributed by atoms with Crippen molar-refractivity contribution in [2.24, 2.45) is 0 Å². The van der Waals surface area contributed by atoms with Crippen LogP contribution < -0.4 is 23.8 Å². The van der Waals surface area contributed by atoms with Crippen LogP contribution in [0.4, 0.5) is 5.69 Å². The van der Waals surface area contributed by atoms with E-state index in [1.54, 1.807) is 30.3 Å². The van der Waals surface area contributed by atoms with Gasteiger partial charge in [-0.25, -0.2) is 8.42 Å². The van der Waals surface area contributed by atoms with Crippen LogP contribution in [-0.2, 0) is 32.6 Å². The second kappa shape index (κ2) is 16.5. The smallest absolute Gasteiger partial charge is 0.265 e. The van der Waals surface area contributed by atoms with Crippen LogP contribution in [-0.4, -0.2) is 64.6 Å². The van der Waals surface area contributed by atoms with E-state index in [-0.39, 0.29) is 40.1 Å². The maximum absolute atomic E-state index is 14.8. The Morgan fingerprint density at radius 2 is 1.38 bits per heavy atom. The molecule has 1 atom stereocenters. The molecule has 0 aromatic heterocycles. The monoisotopic (exact) mass is 741 g/mol. The molecule has 0 saturated carbocycles. The summed E-state index contributed by atoms with van der Waals surface area (Å²) in [6.45, 7) is 4.76. The molecule has 266 valence electrons. The van der Waals surface area contributed by atoms with Gasteiger partial charge in [0.05, 0.1) is 31.9 Å². The lowest BCUT2D eigenvalue weighted by Gasteiger charge is -2.35. The number of sulfonamides is 1. The minimum absolute atomic E-state index is 0.0181. The van der Waals surface area contributed by atoms with Crippen molar-refractivity contribution in [3.05, 3.63) is 112 Å². The van der Waals surface area contributed by atoms with Crippen LogP contribution in [0.3, 0.4) is 0 Å². The number of ether oxygens (including phenoxy) is 3. The fraction of sp³-hybridized carbons (Fsp3) is 0.297. The minimum Gasteiger partial charge on any atom is -0.495 e. The second-order valence-electron chi connectivity index (χ2n) is 12.4. The highest BCUT2D eigenvalue weighted by atomic mass is 35.5. The molecule has 4 aromatic rings. The van der Waals surface area contributed by atoms with Crippen LogP contribution in [0.5, 0.6) is 17.2 Å². The minimum atomic E-state index is -4.51. The normalized spacial score (nSPS) is 12.1. The number of hydrogen-bond acceptors (Lipinski definition) is 7. The van der Waals surface area contributed by atoms with Crippen LogP contribution in [0.2, 0.25) is 10.0 Å². The van der Waals surface area contributed by atoms with Crippen LogP contribution in [0.1, 0.15) is 31.9 Å². The van der Waals surface area contributed by atoms with E-state index in [9.17, 15) is 18.0 Å². The van der Waals surface area contributed by atoms with Crippen molar-refractivity contribution in [2.45, 2.75) is 50.2 Å². The lowest BCUT2D eigenvalue weighted by molar-refractivity contribution is -0.140. The zero-order valence-electron chi connectivity index (χ0n) is 28.8. The van der Waals surface area contributed by atoms with E-state index in [2.05, 4.69) is 5.32 Å². The third-order valence-electron chi connectivity index (χ3n) is 7.64. The van der Waals surface area contributed by atoms with E-state index in [0.29, 0.717) is 16.3 Å². The molecule has 4 aromatic carbocycles. The molecule has 10 nitrogen and oxygen atoms in total. The molecule has 2 amide bonds. The molecule has 0 aliphatic carbocycles. The molecule has 4 rings (SSSR count). The zero-order valence-corrected chi connectivity index (χ0v) is 31.1. The van der Waals surface area contributed by atoms with Crippen LogP contribution in [0, 0.1) is 0 Å². The van der Waals surface area contributed by atoms with E-state index >= 15 is 0 Å². The number of nitrogens with one attached hydrogen (secondary N) is 1. The quantitative estimate of drug-likeness (QED) is 0.152. The molecular formula is C37H41Cl2N3O7S. The SMILES string of the molecule is COc1ccc(S(=O)(=O)N(CC(=O)N(Cc2cccc(Cl)c2)[C@H](Cc2ccccc2)C(=O)NC(C)(C)C)c2cc(Cl)ccc2OC)cc1OC. The van der Waals surface area contributed by atoms with Gasteiger partial charge in [0.15, 0.2) is 11.5 Å². The summed E-state index contributed by atoms with van der Waals surface area (Å²) in [5.74, 6) is -0.440. The van der Waals surface area contributed by atoms with Gasteiger partial charge < -0.3 is 24.4 Å². The molecule has 0 unspecified atom stereocenters. The fourth-order valence-corrected chi connectivity index (χ4v) is 7.13. The van der Waals surface area contributed by atoms with Gasteiger partial charge >= 0.3 is 0 Å². The molecule has 13 heteroatoms. The number of rotatable bonds is 14. The third kappa shape index (κ3) is 9.62. The number of amides is 2. The van der Waals surface area contributed by atoms with E-state index in [1.165, 1.54) is 56.6 Å². The van der Waals surface area contributed by atoms with Gasteiger partial charge in [-0.1, -0.05) is 65.7 Å². The molecule has 0 saturated heterocycles. The van der Waals surface area contributed by atoms with Crippen molar-refractivity contribution in [1.82, 2.24) is 10.2 Å². The van der Waals surface area contributed by atoms with E-state index in [4.69, 9.17) is 37.4 Å². The Hall–Kier alpha value is -4.45. The predicted octanol–water partition coefficient (Wildman–Crippen LogP) is 6.77. The average Bonchev–Trinajstić information content (AvgIpc) is 3.07. The van der Waals surface area contributed by atoms with Gasteiger partial charge in [-0.2, -0.15) is 0 Å². The number of benzene rings is 4. The van der Waals surface area contributed by atoms with Crippen LogP contribution >= 0.6 is 23.2 Å². The fourth-order valence-electron chi connectivity index (χ4n) is 5.31. The van der Waals surface area contributed by atoms with E-state index < -0.39 is 40.0 Å². The number of carbonyl (C=O) groups excluding carboxylic acids is 2. The summed E-state index contributed by atoms with van der Waals surface area (Å²) in [6.07, 6.45) is 0.151. The highest BCUT2D eigenvalue weighted by molar-refractivity contribution is 7.92. The molecule has 0 fully saturated rings. The van der Waals surface area contributed by atoms with Crippen LogP contribution in [0.15, 0.2) is 95.9 Å². The van der Waals surface area contributed by atoms with Crippen molar-refractivity contribution in [3.63, 3.8) is 0 Å². The number of carbonyl (C=O) groups is 2. The largest absolute Gasteiger partial charge is 0.495 e. The van der Waals surface area contributed by atoms with Crippen molar-refractivity contribution < 1.29 is 32.2 Å². The second-order valence-corrected chi connectivity index (χ2v) is 15.2. The van der Waals surface area contributed by atoms with Crippen molar-refractivity contribution in [3.8, 4) is 17.2 Å². The topological polar surface area (TPSA) is 114 Å². The average molecular weight is 743 g/mol. The standard InChI is InChI=1S/C37H41Cl2N3O7S/c1-37(2,3)40-36(44)31(20-25-11-8-7-9-12-25)41(23-26-13-10-14-27(38)19-26)35(43)24-42(30-21-28(39)15-17-32(30)47-4)50(45,46)29-16-18-33(48-5)34(22-29)49-6/h7-19,21-22,31H,20,23-24H2,1-6H3,(H,40,44)/t31-/m1/s1. The Bertz CT molecular complexity index is 1920. The summed E-state index contributed by atoms with van der Waals surface area (Å²) in [7, 11) is -0.308. The van der Waals surface area contributed by atoms with Crippen molar-refractivity contribution in [1.29, 1.82) is 0 Å². The van der Waals surface area contributed by atoms with E-state index in [0.717, 1.165) is 9.87 Å². The van der Waals surface area contributed by atoms with Gasteiger partial charge in [-0.3, -0.25) is 13.9 Å². The van der Waals surface area contributed by atoms with Crippen molar-refractivity contribution >= 4 is 50.7 Å². The summed E-state index contributed by atoms with van der Waals surface area (Å²) >= 11 is 12.7. The van der Waals surface area contributed by atoms with Gasteiger partial charge in [0, 0.05) is 34.6 Å². The van der Waals surface area contributed by atoms with Gasteiger partial charge in [-0.05, 0) is 74.4 Å². The summed E-state index contributed by atoms with van der Waals surface area (Å²) < 4.78 is 46.4. The van der Waals surface area contributed by atoms with Gasteiger partial charge in [0.1, 0.15) is 18.3 Å². The van der Waals surface area contributed by atoms with E-state index in [1.807, 2.05) is 51.1 Å². The number of nitrogens with zero attached hydrogens (tertiary/aromatic N) is 2. The summed E-state index contributed by atoms with van der Waals surface area (Å²) in [5, 5.41) is 3.66. The first-order valence-electron chi connectivity index (χ1n) is 15.6. The molecule has 0 spiro atoms. The number of halogens is 2. The van der Waals surface area contributed by atoms with Gasteiger partial charge in [0.2, 0.25) is 11.8 Å². The van der Waals surface area contributed by atoms with Crippen LogP contribution in [0.25, 0.3) is 0 Å². The molecule has 0 aliphatic rings. The van der Waals surface area contributed by atoms with Crippen molar-refractivity contribution in [2.75, 3.05) is 32.2 Å². The molecule has 0 heterocycles. The lowest BCUT2D eigenvalue weighted by atomic mass is 10.0. The first-order valence-corrected chi connectivity index (χ1v) is 17.8. The van der Waals surface area contributed by atoms with Gasteiger partial charge in [-0.15, -0.1) is 0 Å². The molecule has 1 N–H and O–H groups in total. The first kappa shape index (κ1) is 38.4. The first-order chi connectivity index (χ1) is 23.7. The van der Waals surface area contributed by atoms with Gasteiger partial charge in [0.25, 0.3) is 10.0 Å². The maximum Gasteiger partial charge on any atom is 0.265 e. The summed E-state index contributed by atoms with van der Waals surface area (Å²) in [5.41, 5.74) is 0.830. The Kier molecular flexibility index (Phi) is 12.7. The summed E-state index contributed by atoms with van der Waals surface area (Å²) in [4.78, 5) is 30.1. The highest BCUT2D eigenvalue weighted by Gasteiger charge is 2.37. The molecule has 0 aliphatic heterocycles. The highest BCUT2D eigenvalue weighted by Crippen LogP contribution is 2.37. The molecular weight excluding hydrogens is 701 g/mol. The molecule has 0 radical (unpaired) electrons. The molecule has 0 bridgehead atoms. The number of anilines is 1. The Balaban J connectivity index is 1.90. The lowest BCUT2D eigenvalue weighted by Crippen LogP contribution is -2.56. The Morgan fingerprint density at radius 3 is 2.00 bits per heavy atom. The number of methoxy groups -OCH3 is 3. The Labute approximate surface area is 303 Å².